The maximum absolute atomic E-state index is 12.3. The van der Waals surface area contributed by atoms with Crippen LogP contribution in [0.4, 0.5) is 0 Å². The standard InChI is InChI=1S/C15H30N2O2S/c1-5-19-12-11-15(16,14(12,2)3)13(18)17-9-7-6-8-10-20-4/h12H,5-11,16H2,1-4H3,(H,17,18). The third kappa shape index (κ3) is 3.68. The summed E-state index contributed by atoms with van der Waals surface area (Å²) in [4.78, 5) is 12.3. The van der Waals surface area contributed by atoms with Crippen LogP contribution in [0.1, 0.15) is 46.5 Å². The Labute approximate surface area is 127 Å². The maximum Gasteiger partial charge on any atom is 0.240 e. The van der Waals surface area contributed by atoms with Crippen LogP contribution in [0.5, 0.6) is 0 Å². The fourth-order valence-corrected chi connectivity index (χ4v) is 3.22. The molecule has 0 aromatic carbocycles. The van der Waals surface area contributed by atoms with E-state index in [0.717, 1.165) is 19.4 Å². The van der Waals surface area contributed by atoms with Gasteiger partial charge in [0.2, 0.25) is 5.91 Å². The number of ether oxygens (including phenoxy) is 1. The predicted octanol–water partition coefficient (Wildman–Crippen LogP) is 2.17. The van der Waals surface area contributed by atoms with E-state index in [2.05, 4.69) is 11.6 Å². The molecule has 0 bridgehead atoms. The fourth-order valence-electron chi connectivity index (χ4n) is 2.73. The Hall–Kier alpha value is -0.260. The largest absolute Gasteiger partial charge is 0.378 e. The van der Waals surface area contributed by atoms with Crippen LogP contribution in [-0.4, -0.2) is 42.7 Å². The molecule has 3 N–H and O–H groups in total. The van der Waals surface area contributed by atoms with Crippen molar-refractivity contribution in [2.75, 3.05) is 25.2 Å². The van der Waals surface area contributed by atoms with Gasteiger partial charge >= 0.3 is 0 Å². The minimum absolute atomic E-state index is 0.0247. The van der Waals surface area contributed by atoms with Gasteiger partial charge in [0, 0.05) is 25.0 Å². The molecule has 118 valence electrons. The van der Waals surface area contributed by atoms with E-state index in [4.69, 9.17) is 10.5 Å². The number of carbonyl (C=O) groups excluding carboxylic acids is 1. The first-order valence-corrected chi connectivity index (χ1v) is 8.97. The molecule has 0 heterocycles. The lowest BCUT2D eigenvalue weighted by molar-refractivity contribution is -0.170. The van der Waals surface area contributed by atoms with E-state index in [0.29, 0.717) is 13.0 Å². The number of thioether (sulfide) groups is 1. The average molecular weight is 302 g/mol. The summed E-state index contributed by atoms with van der Waals surface area (Å²) in [5.74, 6) is 1.17. The molecule has 0 radical (unpaired) electrons. The zero-order valence-electron chi connectivity index (χ0n) is 13.3. The van der Waals surface area contributed by atoms with E-state index in [9.17, 15) is 4.79 Å². The third-order valence-corrected chi connectivity index (χ3v) is 5.24. The van der Waals surface area contributed by atoms with Crippen molar-refractivity contribution in [3.05, 3.63) is 0 Å². The molecule has 5 heteroatoms. The van der Waals surface area contributed by atoms with Gasteiger partial charge in [-0.2, -0.15) is 11.8 Å². The van der Waals surface area contributed by atoms with Gasteiger partial charge in [0.05, 0.1) is 6.10 Å². The van der Waals surface area contributed by atoms with Gasteiger partial charge in [0.25, 0.3) is 0 Å². The summed E-state index contributed by atoms with van der Waals surface area (Å²) < 4.78 is 5.65. The first-order valence-electron chi connectivity index (χ1n) is 7.58. The van der Waals surface area contributed by atoms with Gasteiger partial charge < -0.3 is 15.8 Å². The molecule has 1 saturated carbocycles. The van der Waals surface area contributed by atoms with E-state index in [1.165, 1.54) is 12.2 Å². The van der Waals surface area contributed by atoms with Gasteiger partial charge in [0.15, 0.2) is 0 Å². The number of nitrogens with one attached hydrogen (secondary N) is 1. The topological polar surface area (TPSA) is 64.3 Å². The molecule has 1 aliphatic rings. The van der Waals surface area contributed by atoms with Gasteiger partial charge in [-0.3, -0.25) is 4.79 Å². The summed E-state index contributed by atoms with van der Waals surface area (Å²) in [5, 5.41) is 2.99. The van der Waals surface area contributed by atoms with Crippen LogP contribution in [0.15, 0.2) is 0 Å². The van der Waals surface area contributed by atoms with E-state index in [-0.39, 0.29) is 17.4 Å². The summed E-state index contributed by atoms with van der Waals surface area (Å²) in [7, 11) is 0. The lowest BCUT2D eigenvalue weighted by atomic mass is 9.54. The second kappa shape index (κ2) is 7.66. The maximum atomic E-state index is 12.3. The van der Waals surface area contributed by atoms with Crippen LogP contribution >= 0.6 is 11.8 Å². The molecular formula is C15H30N2O2S. The zero-order valence-corrected chi connectivity index (χ0v) is 14.1. The van der Waals surface area contributed by atoms with Crippen molar-refractivity contribution >= 4 is 17.7 Å². The van der Waals surface area contributed by atoms with Crippen LogP contribution in [-0.2, 0) is 9.53 Å². The quantitative estimate of drug-likeness (QED) is 0.641. The number of carbonyl (C=O) groups is 1. The Morgan fingerprint density at radius 2 is 2.10 bits per heavy atom. The molecule has 2 atom stereocenters. The minimum Gasteiger partial charge on any atom is -0.378 e. The summed E-state index contributed by atoms with van der Waals surface area (Å²) in [5.41, 5.74) is 5.23. The third-order valence-electron chi connectivity index (χ3n) is 4.55. The number of unbranched alkanes of at least 4 members (excludes halogenated alkanes) is 2. The Kier molecular flexibility index (Phi) is 6.82. The number of hydrogen-bond donors (Lipinski definition) is 2. The average Bonchev–Trinajstić information content (AvgIpc) is 2.41. The molecule has 0 aromatic rings. The summed E-state index contributed by atoms with van der Waals surface area (Å²) in [6.45, 7) is 7.41. The van der Waals surface area contributed by atoms with Crippen LogP contribution in [0, 0.1) is 5.41 Å². The molecule has 2 unspecified atom stereocenters. The molecule has 0 aliphatic heterocycles. The van der Waals surface area contributed by atoms with Crippen molar-refractivity contribution in [3.63, 3.8) is 0 Å². The van der Waals surface area contributed by atoms with Crippen LogP contribution in [0.2, 0.25) is 0 Å². The minimum atomic E-state index is -0.786. The summed E-state index contributed by atoms with van der Waals surface area (Å²) in [6, 6.07) is 0. The Bertz CT molecular complexity index is 323. The van der Waals surface area contributed by atoms with Crippen LogP contribution < -0.4 is 11.1 Å². The van der Waals surface area contributed by atoms with Gasteiger partial charge in [-0.25, -0.2) is 0 Å². The van der Waals surface area contributed by atoms with Gasteiger partial charge in [-0.1, -0.05) is 20.3 Å². The normalized spacial score (nSPS) is 27.9. The first kappa shape index (κ1) is 17.8. The second-order valence-electron chi connectivity index (χ2n) is 6.15. The summed E-state index contributed by atoms with van der Waals surface area (Å²) >= 11 is 1.87. The van der Waals surface area contributed by atoms with E-state index >= 15 is 0 Å². The molecular weight excluding hydrogens is 272 g/mol. The van der Waals surface area contributed by atoms with Crippen molar-refractivity contribution in [1.29, 1.82) is 0 Å². The molecule has 4 nitrogen and oxygen atoms in total. The van der Waals surface area contributed by atoms with Crippen molar-refractivity contribution < 1.29 is 9.53 Å². The smallest absolute Gasteiger partial charge is 0.240 e. The number of nitrogens with two attached hydrogens (primary N) is 1. The molecule has 1 fully saturated rings. The fraction of sp³-hybridized carbons (Fsp3) is 0.933. The van der Waals surface area contributed by atoms with E-state index in [1.54, 1.807) is 0 Å². The monoisotopic (exact) mass is 302 g/mol. The lowest BCUT2D eigenvalue weighted by Gasteiger charge is -2.57. The molecule has 20 heavy (non-hydrogen) atoms. The molecule has 1 aliphatic carbocycles. The van der Waals surface area contributed by atoms with Crippen LogP contribution in [0.3, 0.4) is 0 Å². The number of rotatable bonds is 9. The molecule has 1 rings (SSSR count). The van der Waals surface area contributed by atoms with Gasteiger partial charge in [-0.15, -0.1) is 0 Å². The highest BCUT2D eigenvalue weighted by atomic mass is 32.2. The number of hydrogen-bond acceptors (Lipinski definition) is 4. The highest BCUT2D eigenvalue weighted by Crippen LogP contribution is 2.49. The molecule has 1 amide bonds. The molecule has 0 aromatic heterocycles. The lowest BCUT2D eigenvalue weighted by Crippen LogP contribution is -2.75. The van der Waals surface area contributed by atoms with Gasteiger partial charge in [-0.05, 0) is 31.8 Å². The highest BCUT2D eigenvalue weighted by molar-refractivity contribution is 7.98. The molecule has 0 saturated heterocycles. The van der Waals surface area contributed by atoms with Gasteiger partial charge in [0.1, 0.15) is 5.54 Å². The van der Waals surface area contributed by atoms with Crippen molar-refractivity contribution in [1.82, 2.24) is 5.32 Å². The van der Waals surface area contributed by atoms with Crippen molar-refractivity contribution in [2.45, 2.75) is 58.1 Å². The SMILES string of the molecule is CCOC1CC(N)(C(=O)NCCCCCSC)C1(C)C. The van der Waals surface area contributed by atoms with Crippen molar-refractivity contribution in [2.24, 2.45) is 11.1 Å². The van der Waals surface area contributed by atoms with E-state index < -0.39 is 5.54 Å². The van der Waals surface area contributed by atoms with Crippen molar-refractivity contribution in [3.8, 4) is 0 Å². The Morgan fingerprint density at radius 3 is 2.65 bits per heavy atom. The Balaban J connectivity index is 2.33. The van der Waals surface area contributed by atoms with Crippen LogP contribution in [0.25, 0.3) is 0 Å². The molecule has 0 spiro atoms. The first-order chi connectivity index (χ1) is 9.40. The van der Waals surface area contributed by atoms with E-state index in [1.807, 2.05) is 32.5 Å². The Morgan fingerprint density at radius 1 is 1.40 bits per heavy atom. The summed E-state index contributed by atoms with van der Waals surface area (Å²) in [6.07, 6.45) is 6.22. The highest BCUT2D eigenvalue weighted by Gasteiger charge is 2.62. The zero-order chi connectivity index (χ0) is 15.2. The predicted molar refractivity (Wildman–Crippen MR) is 86.0 cm³/mol. The second-order valence-corrected chi connectivity index (χ2v) is 7.14. The number of amides is 1.